The molecule has 0 saturated carbocycles. The van der Waals surface area contributed by atoms with Crippen molar-refractivity contribution in [3.05, 3.63) is 117 Å². The summed E-state index contributed by atoms with van der Waals surface area (Å²) in [5.74, 6) is -18.1. The molecule has 0 fully saturated rings. The number of rotatable bonds is 7. The first-order chi connectivity index (χ1) is 28.1. The Bertz CT molecular complexity index is 2600. The van der Waals surface area contributed by atoms with Crippen LogP contribution in [0.4, 0.5) is 0 Å². The monoisotopic (exact) mass is 824 g/mol. The molecule has 3 aliphatic carbocycles. The van der Waals surface area contributed by atoms with Gasteiger partial charge in [0.25, 0.3) is 0 Å². The second kappa shape index (κ2) is 14.0. The molecule has 2 aromatic rings. The smallest absolute Gasteiger partial charge is 0.343 e. The molecule has 5 unspecified atom stereocenters. The van der Waals surface area contributed by atoms with Crippen molar-refractivity contribution in [2.75, 3.05) is 0 Å². The van der Waals surface area contributed by atoms with E-state index in [1.54, 1.807) is 0 Å². The largest absolute Gasteiger partial charge is 0.508 e. The van der Waals surface area contributed by atoms with Crippen molar-refractivity contribution in [2.24, 2.45) is 17.8 Å². The van der Waals surface area contributed by atoms with Crippen LogP contribution in [-0.4, -0.2) is 88.9 Å². The van der Waals surface area contributed by atoms with Gasteiger partial charge >= 0.3 is 23.9 Å². The number of Topliss-reactive ketones (excluding diaryl/α,β-unsaturated/α-hetero) is 2. The van der Waals surface area contributed by atoms with Crippen LogP contribution in [0.3, 0.4) is 0 Å². The molecule has 18 nitrogen and oxygen atoms in total. The van der Waals surface area contributed by atoms with Gasteiger partial charge < -0.3 is 49.6 Å². The number of carbonyl (C=O) groups is 8. The van der Waals surface area contributed by atoms with Gasteiger partial charge in [0.15, 0.2) is 0 Å². The van der Waals surface area contributed by atoms with Crippen LogP contribution in [0.25, 0.3) is 0 Å². The standard InChI is InChI=1S/C42H32O18/c1-15-5-18(43)9-24(45)30(15)39(55)59-41(3)28(47)8-17-7-26(57-13-22(17)35(41)49)34-32-20-12-29(48)42(4,60-40(56)31-16(2)6-19(44)10-25(31)46)36(50)23(20)14-58-27(32)11-21(37(51)52)33(34)38(53)54/h5-10,12-14,21,33-34,43-46H,11H2,1-4H3,(H,51,52)(H,53,54). The molecular formula is C42H32O18. The number of aromatic hydroxyl groups is 4. The van der Waals surface area contributed by atoms with E-state index in [0.717, 1.165) is 68.9 Å². The van der Waals surface area contributed by atoms with E-state index in [-0.39, 0.29) is 62.0 Å². The van der Waals surface area contributed by atoms with Crippen molar-refractivity contribution in [2.45, 2.75) is 45.3 Å². The molecule has 0 bridgehead atoms. The normalized spacial score (nSPS) is 25.7. The molecule has 308 valence electrons. The molecule has 0 aromatic heterocycles. The Morgan fingerprint density at radius 3 is 1.67 bits per heavy atom. The average Bonchev–Trinajstić information content (AvgIpc) is 3.14. The van der Waals surface area contributed by atoms with E-state index >= 15 is 0 Å². The zero-order chi connectivity index (χ0) is 43.9. The number of benzene rings is 2. The van der Waals surface area contributed by atoms with E-state index in [4.69, 9.17) is 18.9 Å². The highest BCUT2D eigenvalue weighted by Gasteiger charge is 2.57. The Balaban J connectivity index is 1.28. The third kappa shape index (κ3) is 6.19. The summed E-state index contributed by atoms with van der Waals surface area (Å²) < 4.78 is 22.4. The number of aryl methyl sites for hydroxylation is 2. The minimum absolute atomic E-state index is 0.0466. The molecule has 5 aliphatic rings. The van der Waals surface area contributed by atoms with E-state index in [2.05, 4.69) is 0 Å². The highest BCUT2D eigenvalue weighted by atomic mass is 16.6. The first-order valence-electron chi connectivity index (χ1n) is 17.9. The van der Waals surface area contributed by atoms with Crippen molar-refractivity contribution in [1.29, 1.82) is 0 Å². The van der Waals surface area contributed by atoms with Gasteiger partial charge in [0, 0.05) is 24.1 Å². The number of carbonyl (C=O) groups excluding carboxylic acids is 6. The Morgan fingerprint density at radius 1 is 0.667 bits per heavy atom. The first-order valence-corrected chi connectivity index (χ1v) is 17.9. The Hall–Kier alpha value is -7.76. The summed E-state index contributed by atoms with van der Waals surface area (Å²) in [4.78, 5) is 108. The molecule has 7 rings (SSSR count). The number of ether oxygens (including phenoxy) is 4. The number of hydrogen-bond donors (Lipinski definition) is 6. The second-order valence-corrected chi connectivity index (χ2v) is 14.9. The fourth-order valence-corrected chi connectivity index (χ4v) is 7.91. The van der Waals surface area contributed by atoms with Crippen molar-refractivity contribution in [1.82, 2.24) is 0 Å². The average molecular weight is 825 g/mol. The van der Waals surface area contributed by atoms with E-state index in [9.17, 15) is 69.0 Å². The van der Waals surface area contributed by atoms with Crippen LogP contribution in [0.1, 0.15) is 52.1 Å². The molecular weight excluding hydrogens is 792 g/mol. The maximum atomic E-state index is 14.1. The van der Waals surface area contributed by atoms with Crippen molar-refractivity contribution in [3.8, 4) is 23.0 Å². The van der Waals surface area contributed by atoms with Crippen LogP contribution in [0, 0.1) is 31.6 Å². The lowest BCUT2D eigenvalue weighted by Crippen LogP contribution is -2.52. The van der Waals surface area contributed by atoms with Gasteiger partial charge in [-0.3, -0.25) is 28.8 Å². The van der Waals surface area contributed by atoms with Gasteiger partial charge in [-0.25, -0.2) is 9.59 Å². The van der Waals surface area contributed by atoms with Gasteiger partial charge in [0.2, 0.25) is 34.3 Å². The molecule has 2 heterocycles. The van der Waals surface area contributed by atoms with Crippen LogP contribution in [0.15, 0.2) is 94.4 Å². The molecule has 0 saturated heterocycles. The number of fused-ring (bicyclic) bond motifs is 3. The van der Waals surface area contributed by atoms with Crippen LogP contribution in [0.2, 0.25) is 0 Å². The zero-order valence-corrected chi connectivity index (χ0v) is 31.7. The summed E-state index contributed by atoms with van der Waals surface area (Å²) in [5, 5.41) is 60.9. The highest BCUT2D eigenvalue weighted by molar-refractivity contribution is 6.28. The summed E-state index contributed by atoms with van der Waals surface area (Å²) in [7, 11) is 0. The fourth-order valence-electron chi connectivity index (χ4n) is 7.91. The van der Waals surface area contributed by atoms with Gasteiger partial charge in [-0.15, -0.1) is 0 Å². The summed E-state index contributed by atoms with van der Waals surface area (Å²) >= 11 is 0. The number of carboxylic acid groups (broad SMARTS) is 2. The van der Waals surface area contributed by atoms with Gasteiger partial charge in [-0.05, 0) is 80.3 Å². The third-order valence-electron chi connectivity index (χ3n) is 11.0. The van der Waals surface area contributed by atoms with Gasteiger partial charge in [-0.1, -0.05) is 0 Å². The molecule has 0 radical (unpaired) electrons. The Morgan fingerprint density at radius 2 is 1.17 bits per heavy atom. The van der Waals surface area contributed by atoms with E-state index < -0.39 is 105 Å². The Kier molecular flexibility index (Phi) is 9.41. The Labute approximate surface area is 337 Å². The molecule has 2 aliphatic heterocycles. The quantitative estimate of drug-likeness (QED) is 0.173. The minimum atomic E-state index is -2.56. The predicted molar refractivity (Wildman–Crippen MR) is 197 cm³/mol. The number of allylic oxidation sites excluding steroid dienone is 5. The lowest BCUT2D eigenvalue weighted by molar-refractivity contribution is -0.156. The number of esters is 2. The molecule has 5 atom stereocenters. The minimum Gasteiger partial charge on any atom is -0.508 e. The van der Waals surface area contributed by atoms with Crippen LogP contribution < -0.4 is 0 Å². The number of aliphatic carboxylic acids is 2. The SMILES string of the molecule is Cc1cc(O)cc(O)c1C(=O)OC1(C)C(=O)C=C2C=C(C3C4=C(CC(C(=O)O)C3C(=O)O)OC=C3C(=O)C(C)(OC(=O)c5c(C)cc(O)cc5O)C(=O)C=C34)OC=C2C1=O. The van der Waals surface area contributed by atoms with Gasteiger partial charge in [-0.2, -0.15) is 0 Å². The molecule has 0 spiro atoms. The predicted octanol–water partition coefficient (Wildman–Crippen LogP) is 3.20. The van der Waals surface area contributed by atoms with Crippen molar-refractivity contribution in [3.63, 3.8) is 0 Å². The third-order valence-corrected chi connectivity index (χ3v) is 11.0. The molecule has 2 aromatic carbocycles. The summed E-state index contributed by atoms with van der Waals surface area (Å²) in [6.07, 6.45) is 4.06. The van der Waals surface area contributed by atoms with E-state index in [1.165, 1.54) is 13.8 Å². The molecule has 60 heavy (non-hydrogen) atoms. The van der Waals surface area contributed by atoms with Crippen molar-refractivity contribution >= 4 is 47.0 Å². The molecule has 6 N–H and O–H groups in total. The van der Waals surface area contributed by atoms with Gasteiger partial charge in [0.1, 0.15) is 58.2 Å². The maximum Gasteiger partial charge on any atom is 0.343 e. The number of phenolic OH excluding ortho intramolecular Hbond substituents is 4. The molecule has 18 heteroatoms. The van der Waals surface area contributed by atoms with Gasteiger partial charge in [0.05, 0.1) is 28.9 Å². The number of hydrogen-bond acceptors (Lipinski definition) is 16. The highest BCUT2D eigenvalue weighted by Crippen LogP contribution is 2.52. The number of carboxylic acids is 2. The fraction of sp³-hybridized carbons (Fsp3) is 0.238. The summed E-state index contributed by atoms with van der Waals surface area (Å²) in [6.45, 7) is 4.71. The van der Waals surface area contributed by atoms with E-state index in [1.807, 2.05) is 0 Å². The molecule has 0 amide bonds. The van der Waals surface area contributed by atoms with Crippen molar-refractivity contribution < 1.29 is 87.9 Å². The zero-order valence-electron chi connectivity index (χ0n) is 31.7. The second-order valence-electron chi connectivity index (χ2n) is 14.9. The maximum absolute atomic E-state index is 14.1. The summed E-state index contributed by atoms with van der Waals surface area (Å²) in [6, 6.07) is 3.98. The topological polar surface area (TPSA) is 295 Å². The number of ketones is 4. The van der Waals surface area contributed by atoms with Crippen LogP contribution in [-0.2, 0) is 47.7 Å². The van der Waals surface area contributed by atoms with Crippen LogP contribution in [0.5, 0.6) is 23.0 Å². The first kappa shape index (κ1) is 40.4. The summed E-state index contributed by atoms with van der Waals surface area (Å²) in [5.41, 5.74) is -7.12. The lowest BCUT2D eigenvalue weighted by atomic mass is 9.64. The lowest BCUT2D eigenvalue weighted by Gasteiger charge is -2.42. The van der Waals surface area contributed by atoms with E-state index in [0.29, 0.717) is 0 Å². The number of phenols is 4. The van der Waals surface area contributed by atoms with Crippen LogP contribution >= 0.6 is 0 Å².